The fourth-order valence-corrected chi connectivity index (χ4v) is 4.55. The Morgan fingerprint density at radius 2 is 2.04 bits per heavy atom. The highest BCUT2D eigenvalue weighted by molar-refractivity contribution is 7.91. The molecule has 0 unspecified atom stereocenters. The molecule has 8 nitrogen and oxygen atoms in total. The van der Waals surface area contributed by atoms with E-state index in [1.54, 1.807) is 0 Å². The Kier molecular flexibility index (Phi) is 5.99. The average Bonchev–Trinajstić information content (AvgIpc) is 2.92. The van der Waals surface area contributed by atoms with Gasteiger partial charge in [-0.25, -0.2) is 13.2 Å². The van der Waals surface area contributed by atoms with E-state index in [0.29, 0.717) is 17.6 Å². The van der Waals surface area contributed by atoms with Gasteiger partial charge >= 0.3 is 5.97 Å². The molecule has 138 valence electrons. The first-order valence-corrected chi connectivity index (χ1v) is 9.93. The van der Waals surface area contributed by atoms with E-state index in [2.05, 4.69) is 0 Å². The predicted molar refractivity (Wildman–Crippen MR) is 89.3 cm³/mol. The zero-order chi connectivity index (χ0) is 18.6. The standard InChI is InChI=1S/C16H22N2O6S/c1-3-12(2)18(14-6-9-25(22,23)11-14)15(19)10-24-16(20)13-4-7-17(21)8-5-13/h4-5,7-8,12,14H,3,6,9-11H2,1-2H3/t12-,14-/m1/s1. The summed E-state index contributed by atoms with van der Waals surface area (Å²) in [6, 6.07) is 2.06. The van der Waals surface area contributed by atoms with E-state index in [9.17, 15) is 23.2 Å². The molecule has 0 saturated carbocycles. The first-order valence-electron chi connectivity index (χ1n) is 8.11. The number of carbonyl (C=O) groups is 2. The lowest BCUT2D eigenvalue weighted by atomic mass is 10.1. The van der Waals surface area contributed by atoms with Crippen molar-refractivity contribution in [1.82, 2.24) is 4.90 Å². The van der Waals surface area contributed by atoms with Crippen LogP contribution in [0.3, 0.4) is 0 Å². The predicted octanol–water partition coefficient (Wildman–Crippen LogP) is 0.291. The van der Waals surface area contributed by atoms with Crippen LogP contribution in [0.4, 0.5) is 0 Å². The van der Waals surface area contributed by atoms with Crippen molar-refractivity contribution in [2.24, 2.45) is 0 Å². The third kappa shape index (κ3) is 4.91. The molecule has 1 fully saturated rings. The van der Waals surface area contributed by atoms with Crippen LogP contribution in [0.5, 0.6) is 0 Å². The minimum atomic E-state index is -3.13. The van der Waals surface area contributed by atoms with Gasteiger partial charge in [-0.2, -0.15) is 4.73 Å². The Morgan fingerprint density at radius 3 is 2.56 bits per heavy atom. The van der Waals surface area contributed by atoms with E-state index < -0.39 is 28.3 Å². The lowest BCUT2D eigenvalue weighted by molar-refractivity contribution is -0.605. The molecule has 0 radical (unpaired) electrons. The molecule has 0 aliphatic carbocycles. The van der Waals surface area contributed by atoms with Gasteiger partial charge in [0, 0.05) is 24.2 Å². The van der Waals surface area contributed by atoms with Crippen LogP contribution in [0, 0.1) is 5.21 Å². The lowest BCUT2D eigenvalue weighted by Crippen LogP contribution is -2.48. The number of pyridine rings is 1. The molecule has 0 bridgehead atoms. The van der Waals surface area contributed by atoms with Crippen molar-refractivity contribution in [3.63, 3.8) is 0 Å². The third-order valence-electron chi connectivity index (χ3n) is 4.32. The number of hydrogen-bond acceptors (Lipinski definition) is 6. The van der Waals surface area contributed by atoms with Crippen molar-refractivity contribution in [2.75, 3.05) is 18.1 Å². The summed E-state index contributed by atoms with van der Waals surface area (Å²) >= 11 is 0. The number of ether oxygens (including phenoxy) is 1. The second-order valence-corrected chi connectivity index (χ2v) is 8.37. The average molecular weight is 370 g/mol. The van der Waals surface area contributed by atoms with Gasteiger partial charge in [-0.15, -0.1) is 0 Å². The minimum Gasteiger partial charge on any atom is -0.619 e. The largest absolute Gasteiger partial charge is 0.619 e. The van der Waals surface area contributed by atoms with Gasteiger partial charge in [-0.1, -0.05) is 6.92 Å². The van der Waals surface area contributed by atoms with Gasteiger partial charge in [-0.3, -0.25) is 4.79 Å². The van der Waals surface area contributed by atoms with Crippen LogP contribution in [0.1, 0.15) is 37.0 Å². The van der Waals surface area contributed by atoms with Crippen LogP contribution in [0.25, 0.3) is 0 Å². The molecule has 9 heteroatoms. The Labute approximate surface area is 146 Å². The Morgan fingerprint density at radius 1 is 1.40 bits per heavy atom. The number of rotatable bonds is 6. The third-order valence-corrected chi connectivity index (χ3v) is 6.07. The summed E-state index contributed by atoms with van der Waals surface area (Å²) in [7, 11) is -3.13. The molecule has 2 atom stereocenters. The summed E-state index contributed by atoms with van der Waals surface area (Å²) in [5.41, 5.74) is 0.165. The molecule has 0 N–H and O–H groups in total. The summed E-state index contributed by atoms with van der Waals surface area (Å²) in [6.07, 6.45) is 3.38. The molecule has 1 aromatic rings. The molecule has 0 spiro atoms. The fourth-order valence-electron chi connectivity index (χ4n) is 2.83. The summed E-state index contributed by atoms with van der Waals surface area (Å²) in [5, 5.41) is 11.0. The van der Waals surface area contributed by atoms with Crippen LogP contribution in [0.15, 0.2) is 24.5 Å². The van der Waals surface area contributed by atoms with Crippen LogP contribution >= 0.6 is 0 Å². The minimum absolute atomic E-state index is 0.0563. The van der Waals surface area contributed by atoms with Gasteiger partial charge in [0.1, 0.15) is 0 Å². The second kappa shape index (κ2) is 7.81. The number of aromatic nitrogens is 1. The van der Waals surface area contributed by atoms with Crippen LogP contribution in [-0.4, -0.2) is 55.4 Å². The van der Waals surface area contributed by atoms with Crippen molar-refractivity contribution >= 4 is 21.7 Å². The first-order chi connectivity index (χ1) is 11.7. The van der Waals surface area contributed by atoms with Crippen molar-refractivity contribution in [3.8, 4) is 0 Å². The quantitative estimate of drug-likeness (QED) is 0.405. The van der Waals surface area contributed by atoms with Gasteiger partial charge in [0.05, 0.1) is 17.1 Å². The summed E-state index contributed by atoms with van der Waals surface area (Å²) < 4.78 is 29.0. The zero-order valence-corrected chi connectivity index (χ0v) is 15.1. The van der Waals surface area contributed by atoms with Crippen LogP contribution in [0.2, 0.25) is 0 Å². The summed E-state index contributed by atoms with van der Waals surface area (Å²) in [4.78, 5) is 26.0. The number of hydrogen-bond donors (Lipinski definition) is 0. The fraction of sp³-hybridized carbons (Fsp3) is 0.562. The summed E-state index contributed by atoms with van der Waals surface area (Å²) in [6.45, 7) is 3.28. The smallest absolute Gasteiger partial charge is 0.339 e. The molecule has 1 amide bonds. The van der Waals surface area contributed by atoms with Crippen molar-refractivity contribution in [3.05, 3.63) is 35.3 Å². The van der Waals surface area contributed by atoms with E-state index in [1.807, 2.05) is 13.8 Å². The van der Waals surface area contributed by atoms with Crippen molar-refractivity contribution in [2.45, 2.75) is 38.8 Å². The van der Waals surface area contributed by atoms with E-state index in [4.69, 9.17) is 4.74 Å². The zero-order valence-electron chi connectivity index (χ0n) is 14.3. The molecule has 2 heterocycles. The molecule has 25 heavy (non-hydrogen) atoms. The SMILES string of the molecule is CC[C@@H](C)N(C(=O)COC(=O)c1cc[n+]([O-])cc1)[C@@H]1CCS(=O)(=O)C1. The number of carbonyl (C=O) groups excluding carboxylic acids is 2. The van der Waals surface area contributed by atoms with Gasteiger partial charge in [0.2, 0.25) is 0 Å². The Balaban J connectivity index is 2.02. The molecular weight excluding hydrogens is 348 g/mol. The second-order valence-electron chi connectivity index (χ2n) is 6.14. The highest BCUT2D eigenvalue weighted by Gasteiger charge is 2.36. The topological polar surface area (TPSA) is 108 Å². The van der Waals surface area contributed by atoms with Crippen LogP contribution in [-0.2, 0) is 19.4 Å². The maximum absolute atomic E-state index is 12.5. The van der Waals surface area contributed by atoms with E-state index in [1.165, 1.54) is 17.0 Å². The van der Waals surface area contributed by atoms with Gasteiger partial charge in [0.25, 0.3) is 5.91 Å². The van der Waals surface area contributed by atoms with Gasteiger partial charge < -0.3 is 14.8 Å². The lowest BCUT2D eigenvalue weighted by Gasteiger charge is -2.33. The maximum Gasteiger partial charge on any atom is 0.339 e. The molecule has 1 aliphatic heterocycles. The van der Waals surface area contributed by atoms with Gasteiger partial charge in [-0.05, 0) is 19.8 Å². The molecule has 1 aliphatic rings. The van der Waals surface area contributed by atoms with Crippen molar-refractivity contribution < 1.29 is 27.5 Å². The molecule has 1 saturated heterocycles. The van der Waals surface area contributed by atoms with E-state index in [0.717, 1.165) is 12.4 Å². The van der Waals surface area contributed by atoms with Gasteiger partial charge in [0.15, 0.2) is 28.8 Å². The maximum atomic E-state index is 12.5. The molecule has 2 rings (SSSR count). The number of amides is 1. The Hall–Kier alpha value is -2.16. The number of esters is 1. The molecule has 1 aromatic heterocycles. The molecule has 0 aromatic carbocycles. The summed E-state index contributed by atoms with van der Waals surface area (Å²) in [5.74, 6) is -1.12. The normalized spacial score (nSPS) is 20.0. The van der Waals surface area contributed by atoms with E-state index in [-0.39, 0.29) is 29.2 Å². The number of nitrogens with zero attached hydrogens (tertiary/aromatic N) is 2. The number of sulfone groups is 1. The van der Waals surface area contributed by atoms with Crippen molar-refractivity contribution in [1.29, 1.82) is 0 Å². The highest BCUT2D eigenvalue weighted by Crippen LogP contribution is 2.21. The van der Waals surface area contributed by atoms with E-state index >= 15 is 0 Å². The Bertz CT molecular complexity index is 731. The van der Waals surface area contributed by atoms with Crippen LogP contribution < -0.4 is 4.73 Å². The monoisotopic (exact) mass is 370 g/mol. The highest BCUT2D eigenvalue weighted by atomic mass is 32.2. The molecular formula is C16H22N2O6S. The first kappa shape index (κ1) is 19.2.